The first-order chi connectivity index (χ1) is 17.4. The molecule has 1 atom stereocenters. The molecule has 36 heavy (non-hydrogen) atoms. The van der Waals surface area contributed by atoms with Crippen molar-refractivity contribution >= 4 is 34.6 Å². The summed E-state index contributed by atoms with van der Waals surface area (Å²) in [4.78, 5) is 55.4. The van der Waals surface area contributed by atoms with E-state index < -0.39 is 17.8 Å². The average molecular weight is 493 g/mol. The average Bonchev–Trinajstić information content (AvgIpc) is 2.92. The molecule has 1 aliphatic heterocycles. The van der Waals surface area contributed by atoms with Gasteiger partial charge in [0.1, 0.15) is 11.3 Å². The van der Waals surface area contributed by atoms with Crippen LogP contribution in [0.25, 0.3) is 10.9 Å². The van der Waals surface area contributed by atoms with Crippen LogP contribution in [0.4, 0.5) is 5.95 Å². The minimum Gasteiger partial charge on any atom is -0.495 e. The molecule has 2 aromatic heterocycles. The van der Waals surface area contributed by atoms with Crippen molar-refractivity contribution in [2.24, 2.45) is 5.73 Å². The summed E-state index contributed by atoms with van der Waals surface area (Å²) in [5, 5.41) is 0.605. The normalized spacial score (nSPS) is 14.4. The highest BCUT2D eigenvalue weighted by Gasteiger charge is 2.35. The molecule has 1 fully saturated rings. The molecule has 188 valence electrons. The number of hydrogen-bond donors (Lipinski definition) is 1. The van der Waals surface area contributed by atoms with E-state index >= 15 is 0 Å². The highest BCUT2D eigenvalue weighted by molar-refractivity contribution is 6.04. The number of nitrogens with zero attached hydrogens (tertiary/aromatic N) is 5. The van der Waals surface area contributed by atoms with Crippen molar-refractivity contribution in [3.05, 3.63) is 54.0 Å². The Hall–Kier alpha value is -4.28. The molecule has 11 nitrogen and oxygen atoms in total. The molecule has 0 aliphatic carbocycles. The predicted molar refractivity (Wildman–Crippen MR) is 132 cm³/mol. The zero-order valence-corrected chi connectivity index (χ0v) is 20.2. The Balaban J connectivity index is 1.70. The first kappa shape index (κ1) is 24.8. The highest BCUT2D eigenvalue weighted by atomic mass is 16.5. The number of para-hydroxylation sites is 1. The molecular weight excluding hydrogens is 464 g/mol. The molecule has 4 rings (SSSR count). The Labute approximate surface area is 208 Å². The number of piperazine rings is 1. The number of aromatic nitrogens is 3. The lowest BCUT2D eigenvalue weighted by Gasteiger charge is -2.36. The number of esters is 1. The van der Waals surface area contributed by atoms with E-state index in [4.69, 9.17) is 15.2 Å². The van der Waals surface area contributed by atoms with Gasteiger partial charge in [0.25, 0.3) is 5.91 Å². The topological polar surface area (TPSA) is 141 Å². The molecule has 1 unspecified atom stereocenters. The molecule has 3 aromatic rings. The van der Waals surface area contributed by atoms with Crippen molar-refractivity contribution in [1.82, 2.24) is 19.9 Å². The van der Waals surface area contributed by atoms with Crippen LogP contribution in [0, 0.1) is 0 Å². The number of carbonyl (C=O) groups excluding carboxylic acids is 3. The molecule has 2 amide bonds. The molecule has 11 heteroatoms. The van der Waals surface area contributed by atoms with Crippen LogP contribution in [-0.2, 0) is 14.3 Å². The van der Waals surface area contributed by atoms with Gasteiger partial charge in [0.05, 0.1) is 31.3 Å². The second-order valence-electron chi connectivity index (χ2n) is 8.32. The van der Waals surface area contributed by atoms with Crippen LogP contribution >= 0.6 is 0 Å². The highest BCUT2D eigenvalue weighted by Crippen LogP contribution is 2.36. The lowest BCUT2D eigenvalue weighted by atomic mass is 9.91. The van der Waals surface area contributed by atoms with Gasteiger partial charge in [-0.3, -0.25) is 19.4 Å². The zero-order chi connectivity index (χ0) is 25.7. The van der Waals surface area contributed by atoms with Gasteiger partial charge in [0.2, 0.25) is 11.9 Å². The van der Waals surface area contributed by atoms with Crippen molar-refractivity contribution in [2.45, 2.75) is 18.8 Å². The van der Waals surface area contributed by atoms with E-state index in [0.717, 1.165) is 0 Å². The second kappa shape index (κ2) is 11.0. The number of anilines is 1. The lowest BCUT2D eigenvalue weighted by molar-refractivity contribution is -0.141. The summed E-state index contributed by atoms with van der Waals surface area (Å²) < 4.78 is 10.4. The summed E-state index contributed by atoms with van der Waals surface area (Å²) in [6.45, 7) is 1.91. The number of pyridine rings is 1. The standard InChI is InChI=1S/C25H28N6O5/c1-35-19(32)9-8-17(24(34)30-12-14-31(15-13-30)25-27-10-5-11-28-25)21-20(23(26)33)22(36-2)16-6-3-4-7-18(16)29-21/h3-7,10-11,17H,8-9,12-15H2,1-2H3,(H2,26,33). The van der Waals surface area contributed by atoms with E-state index in [1.807, 2.05) is 4.90 Å². The fourth-order valence-electron chi connectivity index (χ4n) is 4.45. The molecule has 0 saturated carbocycles. The van der Waals surface area contributed by atoms with E-state index in [-0.39, 0.29) is 35.8 Å². The van der Waals surface area contributed by atoms with Crippen molar-refractivity contribution < 1.29 is 23.9 Å². The first-order valence-corrected chi connectivity index (χ1v) is 11.6. The Bertz CT molecular complexity index is 1260. The minimum absolute atomic E-state index is 0.0280. The summed E-state index contributed by atoms with van der Waals surface area (Å²) in [6.07, 6.45) is 3.42. The maximum Gasteiger partial charge on any atom is 0.305 e. The van der Waals surface area contributed by atoms with Crippen molar-refractivity contribution in [1.29, 1.82) is 0 Å². The molecule has 2 N–H and O–H groups in total. The van der Waals surface area contributed by atoms with Crippen LogP contribution in [0.3, 0.4) is 0 Å². The fourth-order valence-corrected chi connectivity index (χ4v) is 4.45. The zero-order valence-electron chi connectivity index (χ0n) is 20.2. The van der Waals surface area contributed by atoms with E-state index in [2.05, 4.69) is 15.0 Å². The Kier molecular flexibility index (Phi) is 7.57. The molecule has 0 spiro atoms. The third-order valence-corrected chi connectivity index (χ3v) is 6.24. The number of nitrogens with two attached hydrogens (primary N) is 1. The van der Waals surface area contributed by atoms with E-state index in [0.29, 0.717) is 43.0 Å². The van der Waals surface area contributed by atoms with Crippen molar-refractivity contribution in [3.63, 3.8) is 0 Å². The van der Waals surface area contributed by atoms with Crippen molar-refractivity contribution in [2.75, 3.05) is 45.3 Å². The molecule has 1 saturated heterocycles. The summed E-state index contributed by atoms with van der Waals surface area (Å²) in [6, 6.07) is 8.89. The van der Waals surface area contributed by atoms with Gasteiger partial charge in [-0.1, -0.05) is 12.1 Å². The quantitative estimate of drug-likeness (QED) is 0.463. The number of rotatable bonds is 8. The molecular formula is C25H28N6O5. The van der Waals surface area contributed by atoms with E-state index in [1.165, 1.54) is 14.2 Å². The third-order valence-electron chi connectivity index (χ3n) is 6.24. The monoisotopic (exact) mass is 492 g/mol. The van der Waals surface area contributed by atoms with Gasteiger partial charge in [0, 0.05) is 50.4 Å². The summed E-state index contributed by atoms with van der Waals surface area (Å²) in [5.41, 5.74) is 6.55. The van der Waals surface area contributed by atoms with Crippen LogP contribution < -0.4 is 15.4 Å². The largest absolute Gasteiger partial charge is 0.495 e. The molecule has 3 heterocycles. The van der Waals surface area contributed by atoms with Gasteiger partial charge in [-0.2, -0.15) is 0 Å². The number of ether oxygens (including phenoxy) is 2. The first-order valence-electron chi connectivity index (χ1n) is 11.6. The van der Waals surface area contributed by atoms with Gasteiger partial charge < -0.3 is 25.0 Å². The molecule has 0 bridgehead atoms. The van der Waals surface area contributed by atoms with Gasteiger partial charge in [-0.05, 0) is 24.6 Å². The van der Waals surface area contributed by atoms with Gasteiger partial charge >= 0.3 is 5.97 Å². The second-order valence-corrected chi connectivity index (χ2v) is 8.32. The van der Waals surface area contributed by atoms with Gasteiger partial charge in [0.15, 0.2) is 0 Å². The summed E-state index contributed by atoms with van der Waals surface area (Å²) in [5.74, 6) is -1.52. The van der Waals surface area contributed by atoms with Gasteiger partial charge in [-0.25, -0.2) is 9.97 Å². The number of fused-ring (bicyclic) bond motifs is 1. The number of benzene rings is 1. The molecule has 0 radical (unpaired) electrons. The predicted octanol–water partition coefficient (Wildman–Crippen LogP) is 1.52. The number of carbonyl (C=O) groups is 3. The number of hydrogen-bond acceptors (Lipinski definition) is 9. The number of methoxy groups -OCH3 is 2. The van der Waals surface area contributed by atoms with E-state index in [1.54, 1.807) is 47.6 Å². The minimum atomic E-state index is -0.898. The summed E-state index contributed by atoms with van der Waals surface area (Å²) in [7, 11) is 2.73. The Morgan fingerprint density at radius 3 is 2.36 bits per heavy atom. The number of primary amides is 1. The Morgan fingerprint density at radius 2 is 1.72 bits per heavy atom. The smallest absolute Gasteiger partial charge is 0.305 e. The summed E-state index contributed by atoms with van der Waals surface area (Å²) >= 11 is 0. The Morgan fingerprint density at radius 1 is 1.03 bits per heavy atom. The molecule has 1 aliphatic rings. The van der Waals surface area contributed by atoms with Crippen molar-refractivity contribution in [3.8, 4) is 5.75 Å². The molecule has 1 aromatic carbocycles. The maximum absolute atomic E-state index is 13.8. The third kappa shape index (κ3) is 5.04. The fraction of sp³-hybridized carbons (Fsp3) is 0.360. The van der Waals surface area contributed by atoms with Crippen LogP contribution in [0.15, 0.2) is 42.7 Å². The van der Waals surface area contributed by atoms with Gasteiger partial charge in [-0.15, -0.1) is 0 Å². The maximum atomic E-state index is 13.8. The lowest BCUT2D eigenvalue weighted by Crippen LogP contribution is -2.50. The van der Waals surface area contributed by atoms with E-state index in [9.17, 15) is 14.4 Å². The van der Waals surface area contributed by atoms with Crippen LogP contribution in [0.2, 0.25) is 0 Å². The SMILES string of the molecule is COC(=O)CCC(C(=O)N1CCN(c2ncccn2)CC1)c1nc2ccccc2c(OC)c1C(N)=O. The van der Waals surface area contributed by atoms with Crippen LogP contribution in [0.1, 0.15) is 34.8 Å². The van der Waals surface area contributed by atoms with Crippen LogP contribution in [-0.4, -0.2) is 78.0 Å². The number of amides is 2. The van der Waals surface area contributed by atoms with Crippen LogP contribution in [0.5, 0.6) is 5.75 Å².